The first-order valence-corrected chi connectivity index (χ1v) is 11.2. The third kappa shape index (κ3) is 1.88. The molecule has 1 aromatic heterocycles. The second-order valence-corrected chi connectivity index (χ2v) is 10.8. The number of hydrogen-bond donors (Lipinski definition) is 1. The Hall–Kier alpha value is -1.44. The van der Waals surface area contributed by atoms with Gasteiger partial charge in [-0.3, -0.25) is 4.98 Å². The van der Waals surface area contributed by atoms with Gasteiger partial charge in [0, 0.05) is 24.0 Å². The zero-order valence-electron chi connectivity index (χ0n) is 16.8. The van der Waals surface area contributed by atoms with Gasteiger partial charge in [0.2, 0.25) is 0 Å². The fourth-order valence-electron chi connectivity index (χ4n) is 8.77. The summed E-state index contributed by atoms with van der Waals surface area (Å²) in [6.45, 7) is 5.20. The van der Waals surface area contributed by atoms with E-state index in [1.54, 1.807) is 5.57 Å². The topological polar surface area (TPSA) is 36.7 Å². The third-order valence-corrected chi connectivity index (χ3v) is 10.3. The SMILES string of the molecule is CC12CCC3C(CCC45CC4C(=N)CCC35C)C1CC=C2c1cccnc1. The number of pyridine rings is 1. The second-order valence-electron chi connectivity index (χ2n) is 10.8. The minimum absolute atomic E-state index is 0.343. The standard InChI is InChI=1S/C25H32N2/c1-23-10-8-20-17(19(23)6-5-18(23)16-4-3-13-27-15-16)7-12-25-14-21(25)22(26)9-11-24(20,25)2/h3-5,13,15,17,19-21,26H,6-12,14H2,1-2H3. The van der Waals surface area contributed by atoms with Crippen molar-refractivity contribution in [3.63, 3.8) is 0 Å². The first-order chi connectivity index (χ1) is 13.0. The van der Waals surface area contributed by atoms with Crippen molar-refractivity contribution in [2.24, 2.45) is 39.9 Å². The van der Waals surface area contributed by atoms with Gasteiger partial charge in [-0.1, -0.05) is 26.0 Å². The van der Waals surface area contributed by atoms with Crippen LogP contribution >= 0.6 is 0 Å². The van der Waals surface area contributed by atoms with E-state index < -0.39 is 0 Å². The lowest BCUT2D eigenvalue weighted by molar-refractivity contribution is -0.0985. The molecule has 1 spiro atoms. The van der Waals surface area contributed by atoms with Crippen molar-refractivity contribution in [1.82, 2.24) is 4.98 Å². The Morgan fingerprint density at radius 1 is 1.11 bits per heavy atom. The number of nitrogens with zero attached hydrogens (tertiary/aromatic N) is 1. The Kier molecular flexibility index (Phi) is 3.14. The number of aromatic nitrogens is 1. The van der Waals surface area contributed by atoms with Crippen molar-refractivity contribution in [2.75, 3.05) is 0 Å². The van der Waals surface area contributed by atoms with Gasteiger partial charge in [-0.2, -0.15) is 0 Å². The average molecular weight is 361 g/mol. The van der Waals surface area contributed by atoms with Crippen LogP contribution in [0.15, 0.2) is 30.6 Å². The van der Waals surface area contributed by atoms with Gasteiger partial charge in [0.15, 0.2) is 0 Å². The van der Waals surface area contributed by atoms with E-state index in [2.05, 4.69) is 43.2 Å². The van der Waals surface area contributed by atoms with Crippen molar-refractivity contribution in [3.05, 3.63) is 36.2 Å². The molecule has 5 aliphatic rings. The Labute approximate surface area is 163 Å². The molecule has 0 radical (unpaired) electrons. The molecule has 4 fully saturated rings. The molecule has 27 heavy (non-hydrogen) atoms. The molecule has 6 rings (SSSR count). The van der Waals surface area contributed by atoms with Crippen molar-refractivity contribution in [2.45, 2.75) is 65.2 Å². The molecule has 0 bridgehead atoms. The quantitative estimate of drug-likeness (QED) is 0.642. The number of nitrogens with one attached hydrogen (secondary N) is 1. The van der Waals surface area contributed by atoms with Gasteiger partial charge in [-0.25, -0.2) is 0 Å². The van der Waals surface area contributed by atoms with Crippen LogP contribution in [-0.4, -0.2) is 10.7 Å². The van der Waals surface area contributed by atoms with E-state index in [4.69, 9.17) is 5.41 Å². The molecular weight excluding hydrogens is 328 g/mol. The van der Waals surface area contributed by atoms with E-state index in [1.165, 1.54) is 50.5 Å². The second kappa shape index (κ2) is 5.13. The summed E-state index contributed by atoms with van der Waals surface area (Å²) < 4.78 is 0. The number of allylic oxidation sites excluding steroid dienone is 2. The maximum absolute atomic E-state index is 8.43. The largest absolute Gasteiger partial charge is 0.309 e. The molecule has 1 N–H and O–H groups in total. The Morgan fingerprint density at radius 3 is 2.81 bits per heavy atom. The predicted octanol–water partition coefficient (Wildman–Crippen LogP) is 6.14. The van der Waals surface area contributed by atoms with Crippen LogP contribution in [0.4, 0.5) is 0 Å². The van der Waals surface area contributed by atoms with Crippen molar-refractivity contribution in [1.29, 1.82) is 5.41 Å². The summed E-state index contributed by atoms with van der Waals surface area (Å²) in [7, 11) is 0. The number of fused-ring (bicyclic) bond motifs is 4. The van der Waals surface area contributed by atoms with Crippen LogP contribution in [0.1, 0.15) is 70.8 Å². The summed E-state index contributed by atoms with van der Waals surface area (Å²) in [6.07, 6.45) is 17.0. The molecule has 2 nitrogen and oxygen atoms in total. The van der Waals surface area contributed by atoms with E-state index in [-0.39, 0.29) is 0 Å². The Balaban J connectivity index is 1.34. The summed E-state index contributed by atoms with van der Waals surface area (Å²) >= 11 is 0. The van der Waals surface area contributed by atoms with Gasteiger partial charge in [0.1, 0.15) is 0 Å². The highest BCUT2D eigenvalue weighted by Crippen LogP contribution is 2.79. The molecule has 5 aliphatic carbocycles. The first kappa shape index (κ1) is 16.5. The summed E-state index contributed by atoms with van der Waals surface area (Å²) in [5.74, 6) is 3.25. The van der Waals surface area contributed by atoms with Gasteiger partial charge in [-0.05, 0) is 103 Å². The number of rotatable bonds is 1. The molecule has 1 aromatic rings. The van der Waals surface area contributed by atoms with Crippen LogP contribution in [0.3, 0.4) is 0 Å². The molecule has 0 aromatic carbocycles. The van der Waals surface area contributed by atoms with E-state index in [9.17, 15) is 0 Å². The fourth-order valence-corrected chi connectivity index (χ4v) is 8.77. The lowest BCUT2D eigenvalue weighted by atomic mass is 9.43. The molecular formula is C25H32N2. The summed E-state index contributed by atoms with van der Waals surface area (Å²) in [6, 6.07) is 4.35. The zero-order chi connectivity index (χ0) is 18.4. The van der Waals surface area contributed by atoms with E-state index in [0.717, 1.165) is 29.9 Å². The molecule has 0 aliphatic heterocycles. The Bertz CT molecular complexity index is 841. The van der Waals surface area contributed by atoms with Gasteiger partial charge in [0.05, 0.1) is 0 Å². The lowest BCUT2D eigenvalue weighted by Gasteiger charge is -2.61. The van der Waals surface area contributed by atoms with E-state index in [0.29, 0.717) is 22.2 Å². The molecule has 4 saturated carbocycles. The maximum Gasteiger partial charge on any atom is 0.0343 e. The van der Waals surface area contributed by atoms with Crippen LogP contribution in [0, 0.1) is 45.3 Å². The maximum atomic E-state index is 8.43. The first-order valence-electron chi connectivity index (χ1n) is 11.2. The predicted molar refractivity (Wildman–Crippen MR) is 109 cm³/mol. The van der Waals surface area contributed by atoms with Gasteiger partial charge >= 0.3 is 0 Å². The highest BCUT2D eigenvalue weighted by atomic mass is 14.8. The molecule has 1 heterocycles. The highest BCUT2D eigenvalue weighted by Gasteiger charge is 2.72. The van der Waals surface area contributed by atoms with Gasteiger partial charge in [-0.15, -0.1) is 0 Å². The normalized spacial score (nSPS) is 50.1. The molecule has 7 unspecified atom stereocenters. The summed E-state index contributed by atoms with van der Waals surface area (Å²) in [5, 5.41) is 8.43. The molecule has 7 atom stereocenters. The van der Waals surface area contributed by atoms with Gasteiger partial charge in [0.25, 0.3) is 0 Å². The molecule has 2 heteroatoms. The Morgan fingerprint density at radius 2 is 2.00 bits per heavy atom. The third-order valence-electron chi connectivity index (χ3n) is 10.3. The fraction of sp³-hybridized carbons (Fsp3) is 0.680. The summed E-state index contributed by atoms with van der Waals surface area (Å²) in [4.78, 5) is 4.41. The number of hydrogen-bond acceptors (Lipinski definition) is 2. The highest BCUT2D eigenvalue weighted by molar-refractivity contribution is 5.89. The van der Waals surface area contributed by atoms with Crippen LogP contribution in [0.5, 0.6) is 0 Å². The summed E-state index contributed by atoms with van der Waals surface area (Å²) in [5.41, 5.74) is 5.40. The van der Waals surface area contributed by atoms with Crippen LogP contribution in [-0.2, 0) is 0 Å². The lowest BCUT2D eigenvalue weighted by Crippen LogP contribution is -2.54. The van der Waals surface area contributed by atoms with Crippen molar-refractivity contribution in [3.8, 4) is 0 Å². The van der Waals surface area contributed by atoms with Crippen LogP contribution in [0.25, 0.3) is 5.57 Å². The minimum Gasteiger partial charge on any atom is -0.309 e. The van der Waals surface area contributed by atoms with Crippen LogP contribution in [0.2, 0.25) is 0 Å². The van der Waals surface area contributed by atoms with E-state index >= 15 is 0 Å². The average Bonchev–Trinajstić information content (AvgIpc) is 3.33. The van der Waals surface area contributed by atoms with Crippen molar-refractivity contribution >= 4 is 11.3 Å². The van der Waals surface area contributed by atoms with E-state index in [1.807, 2.05) is 6.20 Å². The minimum atomic E-state index is 0.343. The van der Waals surface area contributed by atoms with Crippen molar-refractivity contribution < 1.29 is 0 Å². The monoisotopic (exact) mass is 360 g/mol. The van der Waals surface area contributed by atoms with Gasteiger partial charge < -0.3 is 5.41 Å². The molecule has 0 amide bonds. The van der Waals surface area contributed by atoms with Crippen LogP contribution < -0.4 is 0 Å². The molecule has 0 saturated heterocycles. The zero-order valence-corrected chi connectivity index (χ0v) is 16.8. The molecule has 142 valence electrons. The smallest absolute Gasteiger partial charge is 0.0343 e.